The molecule has 0 radical (unpaired) electrons. The van der Waals surface area contributed by atoms with Gasteiger partial charge in [0, 0.05) is 24.5 Å². The summed E-state index contributed by atoms with van der Waals surface area (Å²) in [6.45, 7) is 5.50. The zero-order valence-corrected chi connectivity index (χ0v) is 13.1. The molecule has 2 aliphatic rings. The number of hydrogen-bond acceptors (Lipinski definition) is 2. The van der Waals surface area contributed by atoms with Gasteiger partial charge in [0.15, 0.2) is 0 Å². The molecular weight excluding hydrogens is 260 g/mol. The number of halogens is 1. The molecule has 0 aromatic carbocycles. The van der Waals surface area contributed by atoms with Crippen LogP contribution in [0, 0.1) is 11.8 Å². The largest absolute Gasteiger partial charge is 0.339 e. The van der Waals surface area contributed by atoms with Crippen LogP contribution in [0.2, 0.25) is 0 Å². The second-order valence-corrected chi connectivity index (χ2v) is 6.28. The van der Waals surface area contributed by atoms with E-state index in [1.165, 1.54) is 19.3 Å². The van der Waals surface area contributed by atoms with Crippen molar-refractivity contribution in [2.75, 3.05) is 6.54 Å². The molecule has 1 amide bonds. The Morgan fingerprint density at radius 1 is 1.32 bits per heavy atom. The van der Waals surface area contributed by atoms with Gasteiger partial charge in [0.2, 0.25) is 5.91 Å². The Morgan fingerprint density at radius 2 is 2.05 bits per heavy atom. The van der Waals surface area contributed by atoms with Crippen LogP contribution in [0.15, 0.2) is 0 Å². The zero-order chi connectivity index (χ0) is 13.1. The molecule has 1 saturated carbocycles. The number of carbonyl (C=O) groups is 1. The van der Waals surface area contributed by atoms with Gasteiger partial charge < -0.3 is 10.6 Å². The van der Waals surface area contributed by atoms with E-state index in [1.807, 2.05) is 0 Å². The number of piperidine rings is 1. The molecule has 2 N–H and O–H groups in total. The Bertz CT molecular complexity index is 298. The summed E-state index contributed by atoms with van der Waals surface area (Å²) in [4.78, 5) is 14.8. The maximum atomic E-state index is 12.6. The number of likely N-dealkylation sites (tertiary alicyclic amines) is 1. The van der Waals surface area contributed by atoms with Crippen LogP contribution < -0.4 is 5.73 Å². The van der Waals surface area contributed by atoms with Crippen LogP contribution in [0.25, 0.3) is 0 Å². The number of rotatable bonds is 3. The van der Waals surface area contributed by atoms with Crippen LogP contribution in [-0.4, -0.2) is 29.4 Å². The zero-order valence-electron chi connectivity index (χ0n) is 12.3. The first kappa shape index (κ1) is 16.8. The average molecular weight is 289 g/mol. The summed E-state index contributed by atoms with van der Waals surface area (Å²) in [6, 6.07) is 0.735. The fourth-order valence-electron chi connectivity index (χ4n) is 3.73. The average Bonchev–Trinajstić information content (AvgIpc) is 2.78. The van der Waals surface area contributed by atoms with Gasteiger partial charge in [-0.05, 0) is 44.4 Å². The highest BCUT2D eigenvalue weighted by Gasteiger charge is 2.36. The minimum Gasteiger partial charge on any atom is -0.339 e. The lowest BCUT2D eigenvalue weighted by molar-refractivity contribution is -0.140. The van der Waals surface area contributed by atoms with Gasteiger partial charge in [0.05, 0.1) is 0 Å². The van der Waals surface area contributed by atoms with Crippen LogP contribution >= 0.6 is 12.4 Å². The molecule has 0 spiro atoms. The van der Waals surface area contributed by atoms with Crippen molar-refractivity contribution < 1.29 is 4.79 Å². The lowest BCUT2D eigenvalue weighted by atomic mass is 9.87. The summed E-state index contributed by atoms with van der Waals surface area (Å²) in [6.07, 6.45) is 7.71. The summed E-state index contributed by atoms with van der Waals surface area (Å²) in [5.74, 6) is 1.27. The van der Waals surface area contributed by atoms with Crippen molar-refractivity contribution in [2.24, 2.45) is 17.6 Å². The number of nitrogens with zero attached hydrogens (tertiary/aromatic N) is 1. The predicted octanol–water partition coefficient (Wildman–Crippen LogP) is 2.96. The van der Waals surface area contributed by atoms with Crippen LogP contribution in [-0.2, 0) is 4.79 Å². The van der Waals surface area contributed by atoms with Gasteiger partial charge in [-0.25, -0.2) is 0 Å². The molecule has 2 fully saturated rings. The van der Waals surface area contributed by atoms with E-state index in [4.69, 9.17) is 5.73 Å². The quantitative estimate of drug-likeness (QED) is 0.868. The summed E-state index contributed by atoms with van der Waals surface area (Å²) >= 11 is 0. The number of amides is 1. The second kappa shape index (κ2) is 7.49. The molecule has 19 heavy (non-hydrogen) atoms. The molecule has 2 rings (SSSR count). The fraction of sp³-hybridized carbons (Fsp3) is 0.933. The minimum atomic E-state index is 0. The Balaban J connectivity index is 0.00000180. The Kier molecular flexibility index (Phi) is 6.61. The minimum absolute atomic E-state index is 0. The molecule has 1 aliphatic carbocycles. The molecule has 0 aromatic heterocycles. The first-order valence-electron chi connectivity index (χ1n) is 7.69. The monoisotopic (exact) mass is 288 g/mol. The molecule has 4 atom stereocenters. The molecule has 1 saturated heterocycles. The molecule has 4 unspecified atom stereocenters. The molecule has 0 bridgehead atoms. The van der Waals surface area contributed by atoms with Crippen molar-refractivity contribution in [3.63, 3.8) is 0 Å². The Labute approximate surface area is 123 Å². The highest BCUT2D eigenvalue weighted by molar-refractivity contribution is 5.85. The molecule has 1 heterocycles. The van der Waals surface area contributed by atoms with Crippen molar-refractivity contribution in [2.45, 2.75) is 70.9 Å². The number of nitrogens with two attached hydrogens (primary N) is 1. The fourth-order valence-corrected chi connectivity index (χ4v) is 3.73. The predicted molar refractivity (Wildman–Crippen MR) is 81.4 cm³/mol. The van der Waals surface area contributed by atoms with Crippen molar-refractivity contribution in [1.29, 1.82) is 0 Å². The van der Waals surface area contributed by atoms with E-state index in [9.17, 15) is 4.79 Å². The van der Waals surface area contributed by atoms with Gasteiger partial charge in [-0.3, -0.25) is 4.79 Å². The van der Waals surface area contributed by atoms with Gasteiger partial charge in [0.25, 0.3) is 0 Å². The van der Waals surface area contributed by atoms with Crippen LogP contribution in [0.4, 0.5) is 0 Å². The van der Waals surface area contributed by atoms with Gasteiger partial charge in [-0.1, -0.05) is 20.3 Å². The molecule has 0 aromatic rings. The highest BCUT2D eigenvalue weighted by Crippen LogP contribution is 2.32. The van der Waals surface area contributed by atoms with E-state index in [-0.39, 0.29) is 24.4 Å². The van der Waals surface area contributed by atoms with Gasteiger partial charge in [-0.2, -0.15) is 0 Å². The van der Waals surface area contributed by atoms with Crippen molar-refractivity contribution in [3.05, 3.63) is 0 Å². The van der Waals surface area contributed by atoms with E-state index in [1.54, 1.807) is 0 Å². The van der Waals surface area contributed by atoms with E-state index >= 15 is 0 Å². The lowest BCUT2D eigenvalue weighted by Crippen LogP contribution is -2.49. The number of hydrogen-bond donors (Lipinski definition) is 1. The van der Waals surface area contributed by atoms with E-state index in [0.717, 1.165) is 32.2 Å². The third-order valence-electron chi connectivity index (χ3n) is 4.81. The van der Waals surface area contributed by atoms with Crippen molar-refractivity contribution >= 4 is 18.3 Å². The maximum Gasteiger partial charge on any atom is 0.225 e. The normalized spacial score (nSPS) is 35.0. The molecule has 4 heteroatoms. The molecule has 3 nitrogen and oxygen atoms in total. The highest BCUT2D eigenvalue weighted by atomic mass is 35.5. The van der Waals surface area contributed by atoms with Gasteiger partial charge >= 0.3 is 0 Å². The number of carbonyl (C=O) groups excluding carboxylic acids is 1. The standard InChI is InChI=1S/C15H28N2O.ClH/c1-3-5-14-11(2)6-4-9-17(14)15(18)12-7-8-13(16)10-12;/h11-14H,3-10,16H2,1-2H3;1H. The third kappa shape index (κ3) is 3.85. The Morgan fingerprint density at radius 3 is 2.63 bits per heavy atom. The van der Waals surface area contributed by atoms with Crippen molar-refractivity contribution in [1.82, 2.24) is 4.90 Å². The molecule has 112 valence electrons. The second-order valence-electron chi connectivity index (χ2n) is 6.28. The van der Waals surface area contributed by atoms with E-state index in [2.05, 4.69) is 18.7 Å². The molecule has 1 aliphatic heterocycles. The van der Waals surface area contributed by atoms with E-state index < -0.39 is 0 Å². The van der Waals surface area contributed by atoms with Crippen molar-refractivity contribution in [3.8, 4) is 0 Å². The van der Waals surface area contributed by atoms with Crippen LogP contribution in [0.3, 0.4) is 0 Å². The maximum absolute atomic E-state index is 12.6. The smallest absolute Gasteiger partial charge is 0.225 e. The summed E-state index contributed by atoms with van der Waals surface area (Å²) in [7, 11) is 0. The van der Waals surface area contributed by atoms with E-state index in [0.29, 0.717) is 17.9 Å². The first-order chi connectivity index (χ1) is 8.63. The van der Waals surface area contributed by atoms with Gasteiger partial charge in [-0.15, -0.1) is 12.4 Å². The van der Waals surface area contributed by atoms with Gasteiger partial charge in [0.1, 0.15) is 0 Å². The summed E-state index contributed by atoms with van der Waals surface area (Å²) in [5.41, 5.74) is 5.94. The summed E-state index contributed by atoms with van der Waals surface area (Å²) < 4.78 is 0. The lowest BCUT2D eigenvalue weighted by Gasteiger charge is -2.41. The first-order valence-corrected chi connectivity index (χ1v) is 7.69. The topological polar surface area (TPSA) is 46.3 Å². The van der Waals surface area contributed by atoms with Crippen LogP contribution in [0.5, 0.6) is 0 Å². The summed E-state index contributed by atoms with van der Waals surface area (Å²) in [5, 5.41) is 0. The van der Waals surface area contributed by atoms with Crippen LogP contribution in [0.1, 0.15) is 58.8 Å². The molecular formula is C15H29ClN2O. The SMILES string of the molecule is CCCC1C(C)CCCN1C(=O)C1CCC(N)C1.Cl. The Hall–Kier alpha value is -0.280. The third-order valence-corrected chi connectivity index (χ3v) is 4.81.